The van der Waals surface area contributed by atoms with E-state index in [4.69, 9.17) is 10.5 Å². The van der Waals surface area contributed by atoms with Gasteiger partial charge in [-0.05, 0) is 32.0 Å². The van der Waals surface area contributed by atoms with Crippen molar-refractivity contribution < 1.29 is 14.6 Å². The number of benzene rings is 1. The Morgan fingerprint density at radius 1 is 1.45 bits per heavy atom. The molecule has 1 heterocycles. The van der Waals surface area contributed by atoms with Gasteiger partial charge in [0.2, 0.25) is 5.91 Å². The van der Waals surface area contributed by atoms with Crippen LogP contribution in [-0.2, 0) is 0 Å². The van der Waals surface area contributed by atoms with E-state index in [1.165, 1.54) is 0 Å². The second-order valence-corrected chi connectivity index (χ2v) is 6.07. The molecule has 1 aliphatic heterocycles. The molecule has 0 aliphatic carbocycles. The number of aliphatic hydroxyl groups is 1. The van der Waals surface area contributed by atoms with E-state index in [-0.39, 0.29) is 12.1 Å². The average Bonchev–Trinajstić information content (AvgIpc) is 2.33. The predicted molar refractivity (Wildman–Crippen MR) is 76.7 cm³/mol. The van der Waals surface area contributed by atoms with E-state index in [2.05, 4.69) is 5.32 Å². The third-order valence-corrected chi connectivity index (χ3v) is 3.54. The molecule has 20 heavy (non-hydrogen) atoms. The lowest BCUT2D eigenvalue weighted by atomic mass is 9.85. The largest absolute Gasteiger partial charge is 0.485 e. The smallest absolute Gasteiger partial charge is 0.248 e. The van der Waals surface area contributed by atoms with Crippen LogP contribution in [0.5, 0.6) is 5.75 Å². The first-order valence-electron chi connectivity index (χ1n) is 6.79. The van der Waals surface area contributed by atoms with Gasteiger partial charge < -0.3 is 20.9 Å². The van der Waals surface area contributed by atoms with E-state index in [1.54, 1.807) is 18.2 Å². The summed E-state index contributed by atoms with van der Waals surface area (Å²) in [6, 6.07) is 4.96. The third-order valence-electron chi connectivity index (χ3n) is 3.54. The van der Waals surface area contributed by atoms with E-state index in [0.29, 0.717) is 11.3 Å². The summed E-state index contributed by atoms with van der Waals surface area (Å²) < 4.78 is 5.84. The second kappa shape index (κ2) is 5.07. The first-order chi connectivity index (χ1) is 9.22. The van der Waals surface area contributed by atoms with E-state index < -0.39 is 17.6 Å². The Hall–Kier alpha value is -1.59. The number of hydrogen-bond donors (Lipinski definition) is 3. The first kappa shape index (κ1) is 14.8. The van der Waals surface area contributed by atoms with Crippen LogP contribution < -0.4 is 15.8 Å². The molecule has 0 radical (unpaired) electrons. The van der Waals surface area contributed by atoms with Crippen molar-refractivity contribution in [2.75, 3.05) is 0 Å². The van der Waals surface area contributed by atoms with Gasteiger partial charge in [0.1, 0.15) is 17.5 Å². The molecule has 0 fully saturated rings. The number of nitrogens with one attached hydrogen (secondary N) is 1. The average molecular weight is 278 g/mol. The second-order valence-electron chi connectivity index (χ2n) is 6.07. The fourth-order valence-electron chi connectivity index (χ4n) is 2.49. The van der Waals surface area contributed by atoms with E-state index in [1.807, 2.05) is 27.7 Å². The fraction of sp³-hybridized carbons (Fsp3) is 0.533. The Kier molecular flexibility index (Phi) is 3.75. The minimum atomic E-state index is -0.722. The van der Waals surface area contributed by atoms with E-state index in [0.717, 1.165) is 5.56 Å². The summed E-state index contributed by atoms with van der Waals surface area (Å²) in [7, 11) is 0. The van der Waals surface area contributed by atoms with Crippen molar-refractivity contribution >= 4 is 5.91 Å². The van der Waals surface area contributed by atoms with Crippen LogP contribution in [0.2, 0.25) is 0 Å². The van der Waals surface area contributed by atoms with Gasteiger partial charge in [0.05, 0.1) is 6.04 Å². The van der Waals surface area contributed by atoms with Gasteiger partial charge in [0.15, 0.2) is 0 Å². The van der Waals surface area contributed by atoms with Crippen molar-refractivity contribution in [3.05, 3.63) is 29.3 Å². The lowest BCUT2D eigenvalue weighted by molar-refractivity contribution is -0.0658. The van der Waals surface area contributed by atoms with Crippen LogP contribution in [0.1, 0.15) is 49.7 Å². The number of ether oxygens (including phenoxy) is 1. The van der Waals surface area contributed by atoms with Crippen LogP contribution in [0, 0.1) is 0 Å². The van der Waals surface area contributed by atoms with Gasteiger partial charge in [-0.3, -0.25) is 4.79 Å². The van der Waals surface area contributed by atoms with E-state index >= 15 is 0 Å². The Bertz CT molecular complexity index is 526. The van der Waals surface area contributed by atoms with Crippen LogP contribution in [0.3, 0.4) is 0 Å². The molecule has 0 saturated carbocycles. The van der Waals surface area contributed by atoms with Gasteiger partial charge in [0.25, 0.3) is 0 Å². The Labute approximate surface area is 119 Å². The Balaban J connectivity index is 2.50. The number of nitrogens with two attached hydrogens (primary N) is 1. The summed E-state index contributed by atoms with van der Waals surface area (Å²) in [5, 5.41) is 13.8. The normalized spacial score (nSPS) is 24.1. The fourth-order valence-corrected chi connectivity index (χ4v) is 2.49. The summed E-state index contributed by atoms with van der Waals surface area (Å²) in [6.07, 6.45) is -0.722. The van der Waals surface area contributed by atoms with Crippen molar-refractivity contribution in [2.45, 2.75) is 51.5 Å². The molecule has 0 unspecified atom stereocenters. The number of carbonyl (C=O) groups excluding carboxylic acids is 1. The van der Waals surface area contributed by atoms with Crippen molar-refractivity contribution in [2.24, 2.45) is 5.73 Å². The quantitative estimate of drug-likeness (QED) is 0.779. The number of amides is 1. The molecule has 0 saturated heterocycles. The number of fused-ring (bicyclic) bond motifs is 1. The number of hydrogen-bond acceptors (Lipinski definition) is 4. The molecule has 0 aromatic heterocycles. The molecule has 1 aliphatic rings. The molecular weight excluding hydrogens is 256 g/mol. The lowest BCUT2D eigenvalue weighted by Crippen LogP contribution is -2.53. The van der Waals surface area contributed by atoms with Crippen molar-refractivity contribution in [1.29, 1.82) is 0 Å². The van der Waals surface area contributed by atoms with Crippen LogP contribution in [0.25, 0.3) is 0 Å². The summed E-state index contributed by atoms with van der Waals surface area (Å²) in [4.78, 5) is 11.3. The SMILES string of the molecule is CC(C)N[C@H]1c2cc(C(N)=O)ccc2OC(C)(C)[C@@H]1O. The Morgan fingerprint density at radius 2 is 2.10 bits per heavy atom. The molecule has 110 valence electrons. The van der Waals surface area contributed by atoms with Gasteiger partial charge in [0, 0.05) is 17.2 Å². The lowest BCUT2D eigenvalue weighted by Gasteiger charge is -2.43. The first-order valence-corrected chi connectivity index (χ1v) is 6.79. The number of carbonyl (C=O) groups is 1. The molecule has 4 N–H and O–H groups in total. The molecule has 0 bridgehead atoms. The van der Waals surface area contributed by atoms with E-state index in [9.17, 15) is 9.90 Å². The number of rotatable bonds is 3. The molecule has 5 nitrogen and oxygen atoms in total. The van der Waals surface area contributed by atoms with Crippen molar-refractivity contribution in [3.63, 3.8) is 0 Å². The van der Waals surface area contributed by atoms with Crippen LogP contribution >= 0.6 is 0 Å². The van der Waals surface area contributed by atoms with Crippen LogP contribution in [0.4, 0.5) is 0 Å². The standard InChI is InChI=1S/C15H22N2O3/c1-8(2)17-12-10-7-9(14(16)19)5-6-11(10)20-15(3,4)13(12)18/h5-8,12-13,17-18H,1-4H3,(H2,16,19)/t12-,13+/m0/s1. The van der Waals surface area contributed by atoms with Crippen molar-refractivity contribution in [1.82, 2.24) is 5.32 Å². The van der Waals surface area contributed by atoms with Crippen LogP contribution in [-0.4, -0.2) is 28.8 Å². The molecule has 1 aromatic carbocycles. The minimum Gasteiger partial charge on any atom is -0.485 e. The summed E-state index contributed by atoms with van der Waals surface area (Å²) in [6.45, 7) is 7.70. The topological polar surface area (TPSA) is 84.6 Å². The zero-order valence-corrected chi connectivity index (χ0v) is 12.3. The van der Waals surface area contributed by atoms with Gasteiger partial charge in [-0.1, -0.05) is 13.8 Å². The molecule has 1 amide bonds. The summed E-state index contributed by atoms with van der Waals surface area (Å²) in [5.74, 6) is 0.180. The summed E-state index contributed by atoms with van der Waals surface area (Å²) in [5.41, 5.74) is 5.80. The van der Waals surface area contributed by atoms with Gasteiger partial charge in [-0.25, -0.2) is 0 Å². The predicted octanol–water partition coefficient (Wildman–Crippen LogP) is 1.36. The molecule has 2 rings (SSSR count). The zero-order valence-electron chi connectivity index (χ0n) is 12.3. The van der Waals surface area contributed by atoms with Gasteiger partial charge in [-0.2, -0.15) is 0 Å². The zero-order chi connectivity index (χ0) is 15.1. The van der Waals surface area contributed by atoms with Gasteiger partial charge in [-0.15, -0.1) is 0 Å². The summed E-state index contributed by atoms with van der Waals surface area (Å²) >= 11 is 0. The van der Waals surface area contributed by atoms with Crippen LogP contribution in [0.15, 0.2) is 18.2 Å². The Morgan fingerprint density at radius 3 is 2.65 bits per heavy atom. The molecule has 0 spiro atoms. The minimum absolute atomic E-state index is 0.189. The van der Waals surface area contributed by atoms with Gasteiger partial charge >= 0.3 is 0 Å². The molecular formula is C15H22N2O3. The molecule has 2 atom stereocenters. The maximum atomic E-state index is 11.3. The molecule has 1 aromatic rings. The monoisotopic (exact) mass is 278 g/mol. The maximum Gasteiger partial charge on any atom is 0.248 e. The maximum absolute atomic E-state index is 11.3. The highest BCUT2D eigenvalue weighted by atomic mass is 16.5. The highest BCUT2D eigenvalue weighted by molar-refractivity contribution is 5.93. The highest BCUT2D eigenvalue weighted by Gasteiger charge is 2.43. The highest BCUT2D eigenvalue weighted by Crippen LogP contribution is 2.40. The molecule has 5 heteroatoms. The number of aliphatic hydroxyl groups excluding tert-OH is 1. The number of primary amides is 1. The van der Waals surface area contributed by atoms with Crippen molar-refractivity contribution in [3.8, 4) is 5.75 Å². The third kappa shape index (κ3) is 2.64.